The van der Waals surface area contributed by atoms with Crippen LogP contribution in [0.25, 0.3) is 11.3 Å². The van der Waals surface area contributed by atoms with Crippen molar-refractivity contribution in [2.45, 2.75) is 50.9 Å². The summed E-state index contributed by atoms with van der Waals surface area (Å²) in [5.41, 5.74) is 3.58. The molecule has 4 rings (SSSR count). The Labute approximate surface area is 171 Å². The highest BCUT2D eigenvalue weighted by molar-refractivity contribution is 6.30. The van der Waals surface area contributed by atoms with Crippen LogP contribution in [-0.4, -0.2) is 26.7 Å². The van der Waals surface area contributed by atoms with Crippen LogP contribution >= 0.6 is 11.6 Å². The van der Waals surface area contributed by atoms with E-state index in [-0.39, 0.29) is 18.8 Å². The number of carboxylic acids is 1. The third-order valence-corrected chi connectivity index (χ3v) is 6.03. The monoisotopic (exact) mass is 418 g/mol. The van der Waals surface area contributed by atoms with E-state index in [2.05, 4.69) is 4.84 Å². The molecule has 1 N–H and O–H groups in total. The van der Waals surface area contributed by atoms with Crippen molar-refractivity contribution in [3.8, 4) is 11.3 Å². The Hall–Kier alpha value is -2.71. The Morgan fingerprint density at radius 1 is 1.34 bits per heavy atom. The highest BCUT2D eigenvalue weighted by atomic mass is 35.5. The normalized spacial score (nSPS) is 23.0. The van der Waals surface area contributed by atoms with Crippen molar-refractivity contribution in [3.05, 3.63) is 61.8 Å². The van der Waals surface area contributed by atoms with Gasteiger partial charge in [-0.2, -0.15) is 0 Å². The quantitative estimate of drug-likeness (QED) is 0.576. The van der Waals surface area contributed by atoms with Gasteiger partial charge in [-0.05, 0) is 55.4 Å². The maximum atomic E-state index is 11.7. The predicted octanol–water partition coefficient (Wildman–Crippen LogP) is 4.04. The Balaban J connectivity index is 1.75. The van der Waals surface area contributed by atoms with Crippen LogP contribution in [0.2, 0.25) is 5.02 Å². The summed E-state index contributed by atoms with van der Waals surface area (Å²) in [4.78, 5) is 32.0. The van der Waals surface area contributed by atoms with Crippen LogP contribution in [0.3, 0.4) is 0 Å². The lowest BCUT2D eigenvalue weighted by Gasteiger charge is -2.23. The summed E-state index contributed by atoms with van der Waals surface area (Å²) in [6.45, 7) is 2.69. The van der Waals surface area contributed by atoms with Crippen molar-refractivity contribution in [1.82, 2.24) is 4.98 Å². The topological polar surface area (TPSA) is 112 Å². The molecule has 0 spiro atoms. The van der Waals surface area contributed by atoms with E-state index in [4.69, 9.17) is 21.3 Å². The maximum absolute atomic E-state index is 11.7. The number of carbonyl (C=O) groups is 1. The highest BCUT2D eigenvalue weighted by Crippen LogP contribution is 2.47. The van der Waals surface area contributed by atoms with Crippen molar-refractivity contribution in [2.24, 2.45) is 0 Å². The Kier molecular flexibility index (Phi) is 4.92. The zero-order valence-corrected chi connectivity index (χ0v) is 16.4. The average molecular weight is 419 g/mol. The van der Waals surface area contributed by atoms with E-state index in [1.807, 2.05) is 19.1 Å². The van der Waals surface area contributed by atoms with Gasteiger partial charge >= 0.3 is 5.97 Å². The molecule has 1 aliphatic heterocycles. The molecule has 8 nitrogen and oxygen atoms in total. The number of aromatic nitrogens is 1. The minimum Gasteiger partial charge on any atom is -0.479 e. The minimum absolute atomic E-state index is 0.0264. The van der Waals surface area contributed by atoms with Crippen LogP contribution in [0.4, 0.5) is 0 Å². The molecule has 2 heterocycles. The molecular formula is C20H19ClN2O6. The maximum Gasteiger partial charge on any atom is 0.336 e. The van der Waals surface area contributed by atoms with Gasteiger partial charge in [0.1, 0.15) is 0 Å². The molecule has 9 heteroatoms. The fraction of sp³-hybridized carbons (Fsp3) is 0.400. The molecule has 0 saturated heterocycles. The first kappa shape index (κ1) is 19.6. The summed E-state index contributed by atoms with van der Waals surface area (Å²) in [6, 6.07) is 7.41. The van der Waals surface area contributed by atoms with Crippen LogP contribution in [0.5, 0.6) is 0 Å². The third kappa shape index (κ3) is 3.42. The van der Waals surface area contributed by atoms with Crippen LogP contribution in [0.1, 0.15) is 47.6 Å². The number of ether oxygens (including phenoxy) is 1. The van der Waals surface area contributed by atoms with Gasteiger partial charge in [0.05, 0.1) is 18.9 Å². The minimum atomic E-state index is -1.82. The van der Waals surface area contributed by atoms with E-state index in [1.165, 1.54) is 0 Å². The number of halogens is 1. The summed E-state index contributed by atoms with van der Waals surface area (Å²) < 4.78 is 5.70. The van der Waals surface area contributed by atoms with Gasteiger partial charge in [0, 0.05) is 21.8 Å². The SMILES string of the molecule is Cc1nc(-c2ccc(Cl)cc2)c2c(c1C1CCC(O[N+](=O)[O-])(C(=O)O)C1)COC2. The number of aryl methyl sites for hydroxylation is 1. The first-order valence-electron chi connectivity index (χ1n) is 9.23. The van der Waals surface area contributed by atoms with Crippen molar-refractivity contribution < 1.29 is 24.6 Å². The highest BCUT2D eigenvalue weighted by Gasteiger charge is 2.50. The van der Waals surface area contributed by atoms with Gasteiger partial charge in [-0.15, -0.1) is 10.1 Å². The fourth-order valence-corrected chi connectivity index (χ4v) is 4.62. The van der Waals surface area contributed by atoms with Gasteiger partial charge in [-0.1, -0.05) is 23.7 Å². The molecular weight excluding hydrogens is 400 g/mol. The molecule has 1 aromatic heterocycles. The van der Waals surface area contributed by atoms with Gasteiger partial charge in [0.15, 0.2) is 0 Å². The van der Waals surface area contributed by atoms with Crippen LogP contribution in [-0.2, 0) is 27.6 Å². The third-order valence-electron chi connectivity index (χ3n) is 5.78. The van der Waals surface area contributed by atoms with E-state index in [1.54, 1.807) is 12.1 Å². The molecule has 0 radical (unpaired) electrons. The van der Waals surface area contributed by atoms with E-state index < -0.39 is 16.7 Å². The average Bonchev–Trinajstić information content (AvgIpc) is 3.29. The smallest absolute Gasteiger partial charge is 0.336 e. The van der Waals surface area contributed by atoms with Crippen molar-refractivity contribution in [1.29, 1.82) is 0 Å². The van der Waals surface area contributed by atoms with Crippen LogP contribution in [0.15, 0.2) is 24.3 Å². The largest absolute Gasteiger partial charge is 0.479 e. The molecule has 1 aliphatic carbocycles. The number of aliphatic carboxylic acids is 1. The molecule has 152 valence electrons. The Bertz CT molecular complexity index is 993. The molecule has 2 aliphatic rings. The number of hydrogen-bond acceptors (Lipinski definition) is 6. The van der Waals surface area contributed by atoms with E-state index >= 15 is 0 Å². The van der Waals surface area contributed by atoms with E-state index in [9.17, 15) is 20.0 Å². The van der Waals surface area contributed by atoms with Gasteiger partial charge in [0.2, 0.25) is 5.60 Å². The number of hydrogen-bond donors (Lipinski definition) is 1. The summed E-state index contributed by atoms with van der Waals surface area (Å²) in [5.74, 6) is -1.51. The molecule has 0 amide bonds. The number of carboxylic acid groups (broad SMARTS) is 1. The first-order chi connectivity index (χ1) is 13.8. The Morgan fingerprint density at radius 3 is 2.69 bits per heavy atom. The van der Waals surface area contributed by atoms with Crippen molar-refractivity contribution in [2.75, 3.05) is 0 Å². The number of nitrogens with zero attached hydrogens (tertiary/aromatic N) is 2. The van der Waals surface area contributed by atoms with Crippen LogP contribution in [0, 0.1) is 17.0 Å². The molecule has 1 saturated carbocycles. The van der Waals surface area contributed by atoms with E-state index in [0.29, 0.717) is 24.7 Å². The molecule has 29 heavy (non-hydrogen) atoms. The van der Waals surface area contributed by atoms with Gasteiger partial charge in [-0.3, -0.25) is 9.82 Å². The predicted molar refractivity (Wildman–Crippen MR) is 103 cm³/mol. The van der Waals surface area contributed by atoms with Gasteiger partial charge in [-0.25, -0.2) is 4.79 Å². The molecule has 1 fully saturated rings. The fourth-order valence-electron chi connectivity index (χ4n) is 4.50. The molecule has 0 bridgehead atoms. The number of pyridine rings is 1. The summed E-state index contributed by atoms with van der Waals surface area (Å²) >= 11 is 5.99. The Morgan fingerprint density at radius 2 is 2.03 bits per heavy atom. The van der Waals surface area contributed by atoms with Crippen molar-refractivity contribution >= 4 is 17.6 Å². The molecule has 1 aromatic carbocycles. The summed E-state index contributed by atoms with van der Waals surface area (Å²) in [6.07, 6.45) is 0.565. The second-order valence-electron chi connectivity index (χ2n) is 7.47. The lowest BCUT2D eigenvalue weighted by Crippen LogP contribution is -2.40. The summed E-state index contributed by atoms with van der Waals surface area (Å²) in [7, 11) is 0. The van der Waals surface area contributed by atoms with Crippen LogP contribution < -0.4 is 0 Å². The second kappa shape index (κ2) is 7.27. The standard InChI is InChI=1S/C20H19ClN2O6/c1-11-17(13-6-7-20(8-13,19(24)25)29-23(26)27)15-9-28-10-16(15)18(22-11)12-2-4-14(21)5-3-12/h2-5,13H,6-10H2,1H3,(H,24,25). The van der Waals surface area contributed by atoms with Gasteiger partial charge < -0.3 is 9.84 Å². The van der Waals surface area contributed by atoms with Gasteiger partial charge in [0.25, 0.3) is 5.09 Å². The van der Waals surface area contributed by atoms with Crippen molar-refractivity contribution in [3.63, 3.8) is 0 Å². The molecule has 2 atom stereocenters. The van der Waals surface area contributed by atoms with E-state index in [0.717, 1.165) is 33.6 Å². The number of benzene rings is 1. The first-order valence-corrected chi connectivity index (χ1v) is 9.61. The number of rotatable bonds is 5. The zero-order valence-electron chi connectivity index (χ0n) is 15.7. The molecule has 2 unspecified atom stereocenters. The lowest BCUT2D eigenvalue weighted by molar-refractivity contribution is -0.776. The zero-order chi connectivity index (χ0) is 20.8. The lowest BCUT2D eigenvalue weighted by atomic mass is 9.87. The summed E-state index contributed by atoms with van der Waals surface area (Å²) in [5, 5.41) is 20.1. The number of fused-ring (bicyclic) bond motifs is 1. The second-order valence-corrected chi connectivity index (χ2v) is 7.91. The molecule has 2 aromatic rings.